The zero-order valence-electron chi connectivity index (χ0n) is 8.21. The third kappa shape index (κ3) is 8.87. The topological polar surface area (TPSA) is 50.1 Å². The maximum Gasteiger partial charge on any atom is 0.305 e. The molecule has 0 N–H and O–H groups in total. The molecule has 0 fully saturated rings. The maximum absolute atomic E-state index is 11.0. The van der Waals surface area contributed by atoms with Gasteiger partial charge < -0.3 is 4.74 Å². The summed E-state index contributed by atoms with van der Waals surface area (Å²) in [5.41, 5.74) is 0. The summed E-state index contributed by atoms with van der Waals surface area (Å²) in [6, 6.07) is 2.04. The first kappa shape index (κ1) is 12.0. The van der Waals surface area contributed by atoms with Crippen molar-refractivity contribution in [1.82, 2.24) is 0 Å². The number of carbonyl (C=O) groups is 1. The van der Waals surface area contributed by atoms with Crippen molar-refractivity contribution in [3.63, 3.8) is 0 Å². The molecule has 3 nitrogen and oxygen atoms in total. The van der Waals surface area contributed by atoms with Gasteiger partial charge in [0, 0.05) is 12.8 Å². The molecule has 0 saturated heterocycles. The van der Waals surface area contributed by atoms with Crippen molar-refractivity contribution in [2.45, 2.75) is 45.4 Å². The van der Waals surface area contributed by atoms with Crippen LogP contribution in [0.25, 0.3) is 0 Å². The van der Waals surface area contributed by atoms with E-state index in [1.54, 1.807) is 0 Å². The summed E-state index contributed by atoms with van der Waals surface area (Å²) in [6.07, 6.45) is 4.51. The standard InChI is InChI=1S/C10H17NO2/c1-2-3-9-13-10(12)7-5-4-6-8-11/h2-7,9H2,1H3. The van der Waals surface area contributed by atoms with Crippen LogP contribution in [-0.2, 0) is 9.53 Å². The Morgan fingerprint density at radius 1 is 1.38 bits per heavy atom. The van der Waals surface area contributed by atoms with Gasteiger partial charge >= 0.3 is 5.97 Å². The highest BCUT2D eigenvalue weighted by Crippen LogP contribution is 2.01. The number of nitrogens with zero attached hydrogens (tertiary/aromatic N) is 1. The molecular weight excluding hydrogens is 166 g/mol. The first-order valence-electron chi connectivity index (χ1n) is 4.83. The van der Waals surface area contributed by atoms with Crippen LogP contribution in [0.15, 0.2) is 0 Å². The molecule has 0 spiro atoms. The highest BCUT2D eigenvalue weighted by atomic mass is 16.5. The fraction of sp³-hybridized carbons (Fsp3) is 0.800. The van der Waals surface area contributed by atoms with Crippen molar-refractivity contribution in [2.24, 2.45) is 0 Å². The average Bonchev–Trinajstić information content (AvgIpc) is 2.13. The number of hydrogen-bond acceptors (Lipinski definition) is 3. The maximum atomic E-state index is 11.0. The number of hydrogen-bond donors (Lipinski definition) is 0. The van der Waals surface area contributed by atoms with Crippen LogP contribution < -0.4 is 0 Å². The van der Waals surface area contributed by atoms with Crippen molar-refractivity contribution in [3.05, 3.63) is 0 Å². The average molecular weight is 183 g/mol. The smallest absolute Gasteiger partial charge is 0.305 e. The van der Waals surface area contributed by atoms with Gasteiger partial charge in [0.2, 0.25) is 0 Å². The summed E-state index contributed by atoms with van der Waals surface area (Å²) < 4.78 is 4.94. The summed E-state index contributed by atoms with van der Waals surface area (Å²) in [7, 11) is 0. The van der Waals surface area contributed by atoms with Crippen LogP contribution in [0.3, 0.4) is 0 Å². The predicted octanol–water partition coefficient (Wildman–Crippen LogP) is 2.41. The minimum absolute atomic E-state index is 0.133. The van der Waals surface area contributed by atoms with Crippen molar-refractivity contribution in [1.29, 1.82) is 5.26 Å². The summed E-state index contributed by atoms with van der Waals surface area (Å²) >= 11 is 0. The second-order valence-electron chi connectivity index (χ2n) is 2.94. The zero-order valence-corrected chi connectivity index (χ0v) is 8.21. The van der Waals surface area contributed by atoms with Gasteiger partial charge in [0.15, 0.2) is 0 Å². The number of rotatable bonds is 7. The molecule has 0 rings (SSSR count). The Hall–Kier alpha value is -1.04. The first-order valence-corrected chi connectivity index (χ1v) is 4.83. The second-order valence-corrected chi connectivity index (χ2v) is 2.94. The van der Waals surface area contributed by atoms with Crippen molar-refractivity contribution in [3.8, 4) is 6.07 Å². The molecule has 0 aliphatic heterocycles. The van der Waals surface area contributed by atoms with Crippen molar-refractivity contribution >= 4 is 5.97 Å². The highest BCUT2D eigenvalue weighted by Gasteiger charge is 2.00. The number of ether oxygens (including phenoxy) is 1. The normalized spacial score (nSPS) is 9.23. The summed E-state index contributed by atoms with van der Waals surface area (Å²) in [5.74, 6) is -0.133. The quantitative estimate of drug-likeness (QED) is 0.450. The Morgan fingerprint density at radius 3 is 2.77 bits per heavy atom. The molecule has 3 heteroatoms. The van der Waals surface area contributed by atoms with Gasteiger partial charge in [-0.3, -0.25) is 4.79 Å². The molecule has 0 atom stereocenters. The molecular formula is C10H17NO2. The van der Waals surface area contributed by atoms with Crippen molar-refractivity contribution < 1.29 is 9.53 Å². The van der Waals surface area contributed by atoms with Crippen LogP contribution in [0, 0.1) is 11.3 Å². The van der Waals surface area contributed by atoms with Gasteiger partial charge in [0.05, 0.1) is 12.7 Å². The molecule has 0 aromatic carbocycles. The van der Waals surface area contributed by atoms with Gasteiger partial charge in [0.1, 0.15) is 0 Å². The molecule has 0 aliphatic rings. The molecule has 0 amide bonds. The molecule has 0 heterocycles. The number of carbonyl (C=O) groups excluding carboxylic acids is 1. The summed E-state index contributed by atoms with van der Waals surface area (Å²) in [4.78, 5) is 11.0. The molecule has 0 aliphatic carbocycles. The van der Waals surface area contributed by atoms with Gasteiger partial charge in [-0.05, 0) is 19.3 Å². The molecule has 13 heavy (non-hydrogen) atoms. The Labute approximate surface area is 79.7 Å². The van der Waals surface area contributed by atoms with E-state index < -0.39 is 0 Å². The van der Waals surface area contributed by atoms with Crippen LogP contribution in [0.1, 0.15) is 45.4 Å². The number of nitriles is 1. The molecule has 0 aromatic rings. The lowest BCUT2D eigenvalue weighted by atomic mass is 10.2. The minimum atomic E-state index is -0.133. The SMILES string of the molecule is CCCCOC(=O)CCCCC#N. The number of esters is 1. The first-order chi connectivity index (χ1) is 6.31. The molecule has 0 bridgehead atoms. The lowest BCUT2D eigenvalue weighted by molar-refractivity contribution is -0.143. The lowest BCUT2D eigenvalue weighted by Gasteiger charge is -2.02. The van der Waals surface area contributed by atoms with Crippen LogP contribution >= 0.6 is 0 Å². The van der Waals surface area contributed by atoms with E-state index in [-0.39, 0.29) is 5.97 Å². The monoisotopic (exact) mass is 183 g/mol. The Kier molecular flexibility index (Phi) is 8.33. The van der Waals surface area contributed by atoms with Gasteiger partial charge in [-0.25, -0.2) is 0 Å². The number of unbranched alkanes of at least 4 members (excludes halogenated alkanes) is 3. The predicted molar refractivity (Wildman–Crippen MR) is 49.9 cm³/mol. The second kappa shape index (κ2) is 9.05. The fourth-order valence-corrected chi connectivity index (χ4v) is 0.876. The summed E-state index contributed by atoms with van der Waals surface area (Å²) in [5, 5.41) is 8.24. The molecule has 0 radical (unpaired) electrons. The van der Waals surface area contributed by atoms with E-state index in [2.05, 4.69) is 6.92 Å². The Bertz CT molecular complexity index is 172. The third-order valence-electron chi connectivity index (χ3n) is 1.68. The van der Waals surface area contributed by atoms with Gasteiger partial charge in [-0.1, -0.05) is 13.3 Å². The van der Waals surface area contributed by atoms with Crippen LogP contribution in [0.2, 0.25) is 0 Å². The van der Waals surface area contributed by atoms with Crippen LogP contribution in [0.4, 0.5) is 0 Å². The molecule has 74 valence electrons. The van der Waals surface area contributed by atoms with Gasteiger partial charge in [-0.2, -0.15) is 5.26 Å². The minimum Gasteiger partial charge on any atom is -0.466 e. The van der Waals surface area contributed by atoms with E-state index >= 15 is 0 Å². The largest absolute Gasteiger partial charge is 0.466 e. The Morgan fingerprint density at radius 2 is 2.15 bits per heavy atom. The van der Waals surface area contributed by atoms with E-state index in [0.29, 0.717) is 19.4 Å². The highest BCUT2D eigenvalue weighted by molar-refractivity contribution is 5.69. The van der Waals surface area contributed by atoms with Crippen LogP contribution in [-0.4, -0.2) is 12.6 Å². The van der Waals surface area contributed by atoms with E-state index in [4.69, 9.17) is 10.00 Å². The third-order valence-corrected chi connectivity index (χ3v) is 1.68. The van der Waals surface area contributed by atoms with Gasteiger partial charge in [-0.15, -0.1) is 0 Å². The molecule has 0 saturated carbocycles. The van der Waals surface area contributed by atoms with E-state index in [1.807, 2.05) is 6.07 Å². The van der Waals surface area contributed by atoms with Gasteiger partial charge in [0.25, 0.3) is 0 Å². The molecule has 0 aromatic heterocycles. The van der Waals surface area contributed by atoms with Crippen LogP contribution in [0.5, 0.6) is 0 Å². The Balaban J connectivity index is 3.16. The lowest BCUT2D eigenvalue weighted by Crippen LogP contribution is -2.05. The van der Waals surface area contributed by atoms with E-state index in [1.165, 1.54) is 0 Å². The van der Waals surface area contributed by atoms with E-state index in [0.717, 1.165) is 25.7 Å². The molecule has 0 unspecified atom stereocenters. The summed E-state index contributed by atoms with van der Waals surface area (Å²) in [6.45, 7) is 2.59. The van der Waals surface area contributed by atoms with Crippen molar-refractivity contribution in [2.75, 3.05) is 6.61 Å². The van der Waals surface area contributed by atoms with E-state index in [9.17, 15) is 4.79 Å². The zero-order chi connectivity index (χ0) is 9.94. The fourth-order valence-electron chi connectivity index (χ4n) is 0.876.